The lowest BCUT2D eigenvalue weighted by Crippen LogP contribution is -2.05. The van der Waals surface area contributed by atoms with Crippen molar-refractivity contribution in [3.05, 3.63) is 24.5 Å². The van der Waals surface area contributed by atoms with Crippen molar-refractivity contribution in [1.82, 2.24) is 0 Å². The summed E-state index contributed by atoms with van der Waals surface area (Å²) >= 11 is 0. The number of rotatable bonds is 4. The first kappa shape index (κ1) is 9.91. The van der Waals surface area contributed by atoms with Crippen molar-refractivity contribution in [3.63, 3.8) is 0 Å². The van der Waals surface area contributed by atoms with Gasteiger partial charge in [0.2, 0.25) is 0 Å². The van der Waals surface area contributed by atoms with Gasteiger partial charge in [-0.05, 0) is 6.92 Å². The normalized spacial score (nSPS) is 10.9. The molecule has 3 heteroatoms. The van der Waals surface area contributed by atoms with E-state index in [9.17, 15) is 4.79 Å². The highest BCUT2D eigenvalue weighted by Gasteiger charge is 2.06. The molecule has 62 valence electrons. The molecule has 3 nitrogen and oxygen atoms in total. The van der Waals surface area contributed by atoms with Crippen molar-refractivity contribution >= 4 is 5.97 Å². The largest absolute Gasteiger partial charge is 0.432 e. The van der Waals surface area contributed by atoms with E-state index in [1.165, 1.54) is 0 Å². The van der Waals surface area contributed by atoms with Gasteiger partial charge in [0.1, 0.15) is 0 Å². The van der Waals surface area contributed by atoms with Gasteiger partial charge in [-0.1, -0.05) is 12.7 Å². The van der Waals surface area contributed by atoms with Crippen molar-refractivity contribution in [3.8, 4) is 0 Å². The molecule has 0 bridgehead atoms. The number of hydrogen-bond acceptors (Lipinski definition) is 3. The molecule has 0 aromatic rings. The smallest absolute Gasteiger partial charge is 0.338 e. The molecule has 0 rings (SSSR count). The second-order valence-electron chi connectivity index (χ2n) is 1.86. The summed E-state index contributed by atoms with van der Waals surface area (Å²) in [7, 11) is 0. The number of aliphatic hydroxyl groups excluding tert-OH is 1. The minimum Gasteiger partial charge on any atom is -0.432 e. The van der Waals surface area contributed by atoms with Crippen LogP contribution >= 0.6 is 0 Å². The number of aliphatic hydroxyl groups is 1. The van der Waals surface area contributed by atoms with Crippen LogP contribution in [0.1, 0.15) is 13.3 Å². The predicted molar refractivity (Wildman–Crippen MR) is 41.7 cm³/mol. The maximum Gasteiger partial charge on any atom is 0.338 e. The van der Waals surface area contributed by atoms with Crippen LogP contribution in [0.3, 0.4) is 0 Å². The molecule has 0 saturated carbocycles. The van der Waals surface area contributed by atoms with E-state index in [0.29, 0.717) is 12.0 Å². The van der Waals surface area contributed by atoms with E-state index in [-0.39, 0.29) is 6.61 Å². The summed E-state index contributed by atoms with van der Waals surface area (Å²) in [6, 6.07) is 0. The summed E-state index contributed by atoms with van der Waals surface area (Å²) in [5.74, 6) is -0.448. The molecule has 0 fully saturated rings. The van der Waals surface area contributed by atoms with Crippen molar-refractivity contribution in [2.75, 3.05) is 6.61 Å². The van der Waals surface area contributed by atoms with E-state index in [1.54, 1.807) is 13.0 Å². The molecule has 0 saturated heterocycles. The summed E-state index contributed by atoms with van der Waals surface area (Å²) < 4.78 is 4.49. The molecule has 0 heterocycles. The number of esters is 1. The summed E-state index contributed by atoms with van der Waals surface area (Å²) in [4.78, 5) is 10.9. The maximum atomic E-state index is 10.9. The van der Waals surface area contributed by atoms with Gasteiger partial charge in [0.25, 0.3) is 0 Å². The van der Waals surface area contributed by atoms with Crippen LogP contribution in [0.15, 0.2) is 24.5 Å². The quantitative estimate of drug-likeness (QED) is 0.375. The Bertz CT molecular complexity index is 170. The van der Waals surface area contributed by atoms with Crippen LogP contribution in [0.2, 0.25) is 0 Å². The molecule has 0 aromatic carbocycles. The number of ether oxygens (including phenoxy) is 1. The SMILES string of the molecule is C=COC(=O)/C(=C/C)CCO. The predicted octanol–water partition coefficient (Wildman–Crippen LogP) is 1.00. The Labute approximate surface area is 66.0 Å². The third-order valence-electron chi connectivity index (χ3n) is 1.18. The molecule has 1 N–H and O–H groups in total. The first-order valence-electron chi connectivity index (χ1n) is 3.34. The average Bonchev–Trinajstić information content (AvgIpc) is 2.00. The van der Waals surface area contributed by atoms with E-state index in [1.807, 2.05) is 0 Å². The van der Waals surface area contributed by atoms with Gasteiger partial charge >= 0.3 is 5.97 Å². The van der Waals surface area contributed by atoms with Crippen LogP contribution in [0.25, 0.3) is 0 Å². The first-order chi connectivity index (χ1) is 5.26. The fourth-order valence-electron chi connectivity index (χ4n) is 0.636. The maximum absolute atomic E-state index is 10.9. The fraction of sp³-hybridized carbons (Fsp3) is 0.375. The van der Waals surface area contributed by atoms with Crippen molar-refractivity contribution in [2.24, 2.45) is 0 Å². The summed E-state index contributed by atoms with van der Waals surface area (Å²) in [5, 5.41) is 8.51. The molecular weight excluding hydrogens is 144 g/mol. The number of carbonyl (C=O) groups excluding carboxylic acids is 1. The Balaban J connectivity index is 4.04. The molecule has 0 aliphatic rings. The zero-order chi connectivity index (χ0) is 8.69. The second-order valence-corrected chi connectivity index (χ2v) is 1.86. The third-order valence-corrected chi connectivity index (χ3v) is 1.18. The zero-order valence-corrected chi connectivity index (χ0v) is 6.54. The number of allylic oxidation sites excluding steroid dienone is 1. The zero-order valence-electron chi connectivity index (χ0n) is 6.54. The van der Waals surface area contributed by atoms with Crippen LogP contribution in [0, 0.1) is 0 Å². The highest BCUT2D eigenvalue weighted by molar-refractivity contribution is 5.88. The summed E-state index contributed by atoms with van der Waals surface area (Å²) in [6.45, 7) is 4.91. The molecule has 0 aliphatic heterocycles. The monoisotopic (exact) mass is 156 g/mol. The number of hydrogen-bond donors (Lipinski definition) is 1. The topological polar surface area (TPSA) is 46.5 Å². The summed E-state index contributed by atoms with van der Waals surface area (Å²) in [6.07, 6.45) is 3.01. The molecule has 0 atom stereocenters. The molecular formula is C8H12O3. The Kier molecular flexibility index (Phi) is 5.11. The van der Waals surface area contributed by atoms with Gasteiger partial charge in [-0.3, -0.25) is 0 Å². The lowest BCUT2D eigenvalue weighted by molar-refractivity contribution is -0.133. The summed E-state index contributed by atoms with van der Waals surface area (Å²) in [5.41, 5.74) is 0.465. The van der Waals surface area contributed by atoms with Gasteiger partial charge in [-0.25, -0.2) is 4.79 Å². The van der Waals surface area contributed by atoms with Crippen LogP contribution in [0.5, 0.6) is 0 Å². The molecule has 0 unspecified atom stereocenters. The minimum absolute atomic E-state index is 0.0497. The molecule has 0 radical (unpaired) electrons. The fourth-order valence-corrected chi connectivity index (χ4v) is 0.636. The van der Waals surface area contributed by atoms with Crippen molar-refractivity contribution in [2.45, 2.75) is 13.3 Å². The Morgan fingerprint density at radius 1 is 1.73 bits per heavy atom. The van der Waals surface area contributed by atoms with Crippen LogP contribution in [-0.4, -0.2) is 17.7 Å². The molecule has 0 aromatic heterocycles. The lowest BCUT2D eigenvalue weighted by Gasteiger charge is -2.00. The van der Waals surface area contributed by atoms with E-state index in [0.717, 1.165) is 6.26 Å². The Hall–Kier alpha value is -1.09. The second kappa shape index (κ2) is 5.68. The van der Waals surface area contributed by atoms with E-state index in [2.05, 4.69) is 11.3 Å². The van der Waals surface area contributed by atoms with E-state index >= 15 is 0 Å². The van der Waals surface area contributed by atoms with Crippen molar-refractivity contribution in [1.29, 1.82) is 0 Å². The van der Waals surface area contributed by atoms with Gasteiger partial charge < -0.3 is 9.84 Å². The van der Waals surface area contributed by atoms with E-state index in [4.69, 9.17) is 5.11 Å². The van der Waals surface area contributed by atoms with E-state index < -0.39 is 5.97 Å². The van der Waals surface area contributed by atoms with Crippen LogP contribution in [-0.2, 0) is 9.53 Å². The van der Waals surface area contributed by atoms with Gasteiger partial charge in [-0.15, -0.1) is 0 Å². The van der Waals surface area contributed by atoms with Crippen molar-refractivity contribution < 1.29 is 14.6 Å². The average molecular weight is 156 g/mol. The number of carbonyl (C=O) groups is 1. The third kappa shape index (κ3) is 3.57. The highest BCUT2D eigenvalue weighted by atomic mass is 16.5. The minimum atomic E-state index is -0.448. The van der Waals surface area contributed by atoms with Crippen LogP contribution in [0.4, 0.5) is 0 Å². The highest BCUT2D eigenvalue weighted by Crippen LogP contribution is 2.02. The molecule has 0 aliphatic carbocycles. The standard InChI is InChI=1S/C8H12O3/c1-3-7(5-6-9)8(10)11-4-2/h3-4,9H,2,5-6H2,1H3/b7-3+. The van der Waals surface area contributed by atoms with Gasteiger partial charge in [-0.2, -0.15) is 0 Å². The van der Waals surface area contributed by atoms with Gasteiger partial charge in [0.15, 0.2) is 0 Å². The Morgan fingerprint density at radius 2 is 2.36 bits per heavy atom. The van der Waals surface area contributed by atoms with Crippen LogP contribution < -0.4 is 0 Å². The first-order valence-corrected chi connectivity index (χ1v) is 3.34. The lowest BCUT2D eigenvalue weighted by atomic mass is 10.2. The molecule has 11 heavy (non-hydrogen) atoms. The molecule has 0 spiro atoms. The Morgan fingerprint density at radius 3 is 2.73 bits per heavy atom. The van der Waals surface area contributed by atoms with Gasteiger partial charge in [0, 0.05) is 18.6 Å². The van der Waals surface area contributed by atoms with Gasteiger partial charge in [0.05, 0.1) is 6.26 Å². The molecule has 0 amide bonds.